The molecule has 0 aliphatic rings. The quantitative estimate of drug-likeness (QED) is 0.592. The molecule has 42 valence electrons. The monoisotopic (exact) mass is 280 g/mol. The van der Waals surface area contributed by atoms with Gasteiger partial charge in [-0.2, -0.15) is 0 Å². The first kappa shape index (κ1) is 15.6. The molecule has 0 heterocycles. The molecule has 0 amide bonds. The van der Waals surface area contributed by atoms with Crippen molar-refractivity contribution in [3.05, 3.63) is 0 Å². The van der Waals surface area contributed by atoms with Gasteiger partial charge in [0.2, 0.25) is 0 Å². The Kier molecular flexibility index (Phi) is 25.4. The van der Waals surface area contributed by atoms with Crippen LogP contribution in [0.5, 0.6) is 0 Å². The first-order valence-electron chi connectivity index (χ1n) is 1.49. The Bertz CT molecular complexity index is 13.5. The predicted molar refractivity (Wildman–Crippen MR) is 44.3 cm³/mol. The Morgan fingerprint density at radius 3 is 1.17 bits per heavy atom. The summed E-state index contributed by atoms with van der Waals surface area (Å²) in [5.74, 6) is 0. The van der Waals surface area contributed by atoms with Crippen molar-refractivity contribution in [3.63, 3.8) is 0 Å². The summed E-state index contributed by atoms with van der Waals surface area (Å²) in [5.41, 5.74) is 0. The van der Waals surface area contributed by atoms with Crippen molar-refractivity contribution in [1.82, 2.24) is 0 Å². The van der Waals surface area contributed by atoms with Crippen LogP contribution in [0.15, 0.2) is 0 Å². The normalized spacial score (nSPS) is 6.00. The van der Waals surface area contributed by atoms with Gasteiger partial charge in [0.25, 0.3) is 0 Å². The van der Waals surface area contributed by atoms with E-state index in [0.717, 1.165) is 4.71 Å². The van der Waals surface area contributed by atoms with Crippen molar-refractivity contribution >= 4 is 50.8 Å². The molecule has 0 aromatic heterocycles. The number of hydrogen-bond acceptors (Lipinski definition) is 0. The van der Waals surface area contributed by atoms with Crippen molar-refractivity contribution in [1.29, 1.82) is 0 Å². The molecule has 0 bridgehead atoms. The minimum absolute atomic E-state index is 0. The zero-order valence-electron chi connectivity index (χ0n) is 3.97. The van der Waals surface area contributed by atoms with Crippen molar-refractivity contribution < 1.29 is 0 Å². The molecule has 0 N–H and O–H groups in total. The first-order valence-corrected chi connectivity index (χ1v) is 2.89. The summed E-state index contributed by atoms with van der Waals surface area (Å²) in [6, 6.07) is 0. The van der Waals surface area contributed by atoms with Gasteiger partial charge in [0.15, 0.2) is 0 Å². The van der Waals surface area contributed by atoms with Crippen LogP contribution in [0.3, 0.4) is 0 Å². The molecule has 3 heteroatoms. The van der Waals surface area contributed by atoms with Crippen molar-refractivity contribution in [2.45, 2.75) is 18.6 Å². The molecule has 0 rings (SSSR count). The average molecular weight is 282 g/mol. The predicted octanol–water partition coefficient (Wildman–Crippen LogP) is 1.60. The number of hydrogen-bond donors (Lipinski definition) is 0. The maximum absolute atomic E-state index is 2.19. The molecular formula is C3H11AsBr2. The van der Waals surface area contributed by atoms with E-state index >= 15 is 0 Å². The van der Waals surface area contributed by atoms with E-state index in [-0.39, 0.29) is 34.0 Å². The van der Waals surface area contributed by atoms with Gasteiger partial charge < -0.3 is 0 Å². The third kappa shape index (κ3) is 48.9. The van der Waals surface area contributed by atoms with Crippen LogP contribution in [0.25, 0.3) is 0 Å². The molecule has 6 heavy (non-hydrogen) atoms. The fourth-order valence-electron chi connectivity index (χ4n) is 0. The van der Waals surface area contributed by atoms with E-state index in [0.29, 0.717) is 0 Å². The van der Waals surface area contributed by atoms with E-state index in [2.05, 4.69) is 13.8 Å². The summed E-state index contributed by atoms with van der Waals surface area (Å²) in [5, 5.41) is 0. The summed E-state index contributed by atoms with van der Waals surface area (Å²) in [6.45, 7) is 4.39. The molecule has 0 saturated carbocycles. The third-order valence-electron chi connectivity index (χ3n) is 0. The Hall–Kier alpha value is 1.52. The molecule has 0 aromatic rings. The van der Waals surface area contributed by atoms with E-state index in [1.54, 1.807) is 16.9 Å². The van der Waals surface area contributed by atoms with E-state index in [1.165, 1.54) is 0 Å². The van der Waals surface area contributed by atoms with Gasteiger partial charge in [-0.25, -0.2) is 0 Å². The van der Waals surface area contributed by atoms with Crippen LogP contribution in [0.4, 0.5) is 0 Å². The molecule has 0 aromatic carbocycles. The Labute approximate surface area is 69.1 Å². The molecule has 0 aliphatic carbocycles. The van der Waals surface area contributed by atoms with E-state index in [4.69, 9.17) is 0 Å². The van der Waals surface area contributed by atoms with Gasteiger partial charge in [0, 0.05) is 0 Å². The Balaban J connectivity index is -0.0000000450. The van der Waals surface area contributed by atoms with E-state index in [1.807, 2.05) is 0 Å². The SMILES string of the molecule is Br.Br.CC(C)[AsH2]. The summed E-state index contributed by atoms with van der Waals surface area (Å²) >= 11 is 1.80. The molecule has 1 atom stereocenters. The van der Waals surface area contributed by atoms with Crippen LogP contribution in [0, 0.1) is 0 Å². The van der Waals surface area contributed by atoms with Crippen LogP contribution in [-0.4, -0.2) is 16.9 Å². The third-order valence-corrected chi connectivity index (χ3v) is 0. The van der Waals surface area contributed by atoms with Crippen LogP contribution in [-0.2, 0) is 0 Å². The van der Waals surface area contributed by atoms with Gasteiger partial charge in [0.1, 0.15) is 0 Å². The van der Waals surface area contributed by atoms with Crippen LogP contribution >= 0.6 is 34.0 Å². The van der Waals surface area contributed by atoms with Crippen molar-refractivity contribution in [2.75, 3.05) is 0 Å². The molecule has 0 saturated heterocycles. The van der Waals surface area contributed by atoms with Crippen LogP contribution in [0.2, 0.25) is 4.71 Å². The minimum atomic E-state index is 0. The topological polar surface area (TPSA) is 0 Å². The second-order valence-electron chi connectivity index (χ2n) is 1.24. The fourth-order valence-corrected chi connectivity index (χ4v) is 0. The first-order chi connectivity index (χ1) is 1.73. The zero-order valence-corrected chi connectivity index (χ0v) is 9.82. The molecule has 0 fully saturated rings. The summed E-state index contributed by atoms with van der Waals surface area (Å²) in [7, 11) is 0. The van der Waals surface area contributed by atoms with Gasteiger partial charge in [-0.05, 0) is 0 Å². The molecular weight excluding hydrogens is 271 g/mol. The van der Waals surface area contributed by atoms with Crippen LogP contribution in [0.1, 0.15) is 13.8 Å². The van der Waals surface area contributed by atoms with Gasteiger partial charge in [0.05, 0.1) is 0 Å². The Morgan fingerprint density at radius 1 is 1.17 bits per heavy atom. The number of rotatable bonds is 0. The zero-order chi connectivity index (χ0) is 3.58. The Morgan fingerprint density at radius 2 is 1.17 bits per heavy atom. The van der Waals surface area contributed by atoms with E-state index < -0.39 is 0 Å². The molecule has 0 spiro atoms. The summed E-state index contributed by atoms with van der Waals surface area (Å²) < 4.78 is 0.896. The van der Waals surface area contributed by atoms with Crippen molar-refractivity contribution in [2.24, 2.45) is 0 Å². The molecule has 0 radical (unpaired) electrons. The van der Waals surface area contributed by atoms with Crippen LogP contribution < -0.4 is 0 Å². The van der Waals surface area contributed by atoms with Gasteiger partial charge >= 0.3 is 35.4 Å². The van der Waals surface area contributed by atoms with E-state index in [9.17, 15) is 0 Å². The second kappa shape index (κ2) is 9.72. The average Bonchev–Trinajstić information content (AvgIpc) is 0.811. The fraction of sp³-hybridized carbons (Fsp3) is 1.00. The van der Waals surface area contributed by atoms with Gasteiger partial charge in [-0.1, -0.05) is 0 Å². The van der Waals surface area contributed by atoms with Crippen molar-refractivity contribution in [3.8, 4) is 0 Å². The molecule has 0 nitrogen and oxygen atoms in total. The van der Waals surface area contributed by atoms with Gasteiger partial charge in [-0.3, -0.25) is 0 Å². The summed E-state index contributed by atoms with van der Waals surface area (Å²) in [6.07, 6.45) is 0. The second-order valence-corrected chi connectivity index (χ2v) is 4.04. The molecule has 0 aliphatic heterocycles. The summed E-state index contributed by atoms with van der Waals surface area (Å²) in [4.78, 5) is 0. The van der Waals surface area contributed by atoms with Gasteiger partial charge in [-0.15, -0.1) is 34.0 Å². The number of halogens is 2. The molecule has 1 unspecified atom stereocenters. The maximum atomic E-state index is 2.19. The standard InChI is InChI=1S/C3H9As.2BrH/c1-3(2)4;;/h3H,4H2,1-2H3;2*1H.